The first kappa shape index (κ1) is 12.7. The Morgan fingerprint density at radius 1 is 1.11 bits per heavy atom. The fraction of sp³-hybridized carbons (Fsp3) is 0. The number of carbonyl (C=O) groups excluding carboxylic acids is 3. The largest absolute Gasteiger partial charge is 0.478 e. The van der Waals surface area contributed by atoms with Crippen LogP contribution in [0.1, 0.15) is 30.4 Å². The Labute approximate surface area is 107 Å². The van der Waals surface area contributed by atoms with Crippen LogP contribution in [0, 0.1) is 0 Å². The molecule has 0 unspecified atom stereocenters. The summed E-state index contributed by atoms with van der Waals surface area (Å²) in [4.78, 5) is 55.0. The van der Waals surface area contributed by atoms with Gasteiger partial charge in [-0.1, -0.05) is 0 Å². The number of carboxylic acids is 2. The molecule has 0 aromatic carbocycles. The minimum Gasteiger partial charge on any atom is -0.478 e. The summed E-state index contributed by atoms with van der Waals surface area (Å²) < 4.78 is 0. The van der Waals surface area contributed by atoms with Gasteiger partial charge in [0.05, 0.1) is 5.56 Å². The van der Waals surface area contributed by atoms with Gasteiger partial charge in [-0.2, -0.15) is 0 Å². The predicted octanol–water partition coefficient (Wildman–Crippen LogP) is -0.647. The molecule has 0 spiro atoms. The molecule has 0 fully saturated rings. The highest BCUT2D eigenvalue weighted by molar-refractivity contribution is 7.19. The van der Waals surface area contributed by atoms with Gasteiger partial charge in [0.1, 0.15) is 15.4 Å². The number of thiophene rings is 1. The number of aromatic carboxylic acids is 1. The van der Waals surface area contributed by atoms with Crippen LogP contribution in [-0.2, 0) is 9.59 Å². The van der Waals surface area contributed by atoms with E-state index in [-0.39, 0.29) is 15.4 Å². The zero-order chi connectivity index (χ0) is 14.3. The van der Waals surface area contributed by atoms with Gasteiger partial charge < -0.3 is 15.5 Å². The monoisotopic (exact) mass is 284 g/mol. The third-order valence-corrected chi connectivity index (χ3v) is 3.31. The van der Waals surface area contributed by atoms with E-state index >= 15 is 0 Å². The van der Waals surface area contributed by atoms with Crippen molar-refractivity contribution < 1.29 is 34.2 Å². The molecular formula is C9H4N2O7S. The highest BCUT2D eigenvalue weighted by Gasteiger charge is 2.37. The van der Waals surface area contributed by atoms with E-state index in [1.165, 1.54) is 0 Å². The van der Waals surface area contributed by atoms with Crippen LogP contribution in [0.3, 0.4) is 0 Å². The summed E-state index contributed by atoms with van der Waals surface area (Å²) in [5.41, 5.74) is -0.971. The molecule has 1 aliphatic heterocycles. The summed E-state index contributed by atoms with van der Waals surface area (Å²) in [6, 6.07) is 0. The van der Waals surface area contributed by atoms with Crippen molar-refractivity contribution in [3.8, 4) is 0 Å². The average molecular weight is 284 g/mol. The van der Waals surface area contributed by atoms with Gasteiger partial charge in [0, 0.05) is 0 Å². The van der Waals surface area contributed by atoms with E-state index < -0.39 is 35.2 Å². The Kier molecular flexibility index (Phi) is 2.79. The lowest BCUT2D eigenvalue weighted by Crippen LogP contribution is -2.24. The Morgan fingerprint density at radius 3 is 2.26 bits per heavy atom. The van der Waals surface area contributed by atoms with Crippen molar-refractivity contribution in [2.24, 2.45) is 0 Å². The molecule has 0 atom stereocenters. The lowest BCUT2D eigenvalue weighted by atomic mass is 10.1. The molecule has 0 radical (unpaired) electrons. The third kappa shape index (κ3) is 1.93. The number of hydrogen-bond acceptors (Lipinski definition) is 6. The molecule has 19 heavy (non-hydrogen) atoms. The molecular weight excluding hydrogens is 280 g/mol. The average Bonchev–Trinajstić information content (AvgIpc) is 2.78. The first-order valence-electron chi connectivity index (χ1n) is 4.63. The maximum atomic E-state index is 11.4. The second kappa shape index (κ2) is 4.17. The molecule has 1 aromatic rings. The Balaban J connectivity index is 2.55. The van der Waals surface area contributed by atoms with Crippen molar-refractivity contribution in [2.45, 2.75) is 0 Å². The molecule has 4 N–H and O–H groups in total. The maximum absolute atomic E-state index is 11.4. The van der Waals surface area contributed by atoms with Crippen LogP contribution in [0.4, 0.5) is 5.00 Å². The summed E-state index contributed by atoms with van der Waals surface area (Å²) in [5, 5.41) is 20.8. The first-order valence-corrected chi connectivity index (χ1v) is 5.44. The van der Waals surface area contributed by atoms with Gasteiger partial charge in [-0.3, -0.25) is 19.7 Å². The Bertz CT molecular complexity index is 660. The minimum atomic E-state index is -1.82. The van der Waals surface area contributed by atoms with Crippen molar-refractivity contribution >= 4 is 46.0 Å². The summed E-state index contributed by atoms with van der Waals surface area (Å²) in [6.45, 7) is 0. The quantitative estimate of drug-likeness (QED) is 0.416. The van der Waals surface area contributed by atoms with Gasteiger partial charge in [-0.15, -0.1) is 11.3 Å². The second-order valence-corrected chi connectivity index (χ2v) is 4.38. The third-order valence-electron chi connectivity index (χ3n) is 2.20. The molecule has 2 rings (SSSR count). The van der Waals surface area contributed by atoms with Crippen molar-refractivity contribution in [3.63, 3.8) is 0 Å². The molecule has 3 amide bonds. The number of nitrogens with one attached hydrogen (secondary N) is 2. The standard InChI is InChI=1S/C9H4N2O7S/c12-4-1-2(8(15)16)7(11-6(14)9(17)18)19-3(1)5(13)10-4/h(H,11,14)(H,15,16)(H,17,18)(H,10,12,13). The molecule has 98 valence electrons. The lowest BCUT2D eigenvalue weighted by Gasteiger charge is -2.01. The second-order valence-electron chi connectivity index (χ2n) is 3.36. The van der Waals surface area contributed by atoms with Crippen LogP contribution in [0.5, 0.6) is 0 Å². The number of imide groups is 1. The van der Waals surface area contributed by atoms with Crippen LogP contribution in [-0.4, -0.2) is 39.9 Å². The van der Waals surface area contributed by atoms with Crippen LogP contribution in [0.2, 0.25) is 0 Å². The molecule has 0 bridgehead atoms. The van der Waals surface area contributed by atoms with E-state index in [4.69, 9.17) is 10.2 Å². The van der Waals surface area contributed by atoms with Gasteiger partial charge in [0.25, 0.3) is 11.8 Å². The van der Waals surface area contributed by atoms with Crippen molar-refractivity contribution in [1.82, 2.24) is 5.32 Å². The highest BCUT2D eigenvalue weighted by atomic mass is 32.1. The number of aliphatic carboxylic acids is 1. The van der Waals surface area contributed by atoms with Crippen molar-refractivity contribution in [1.29, 1.82) is 0 Å². The molecule has 0 saturated carbocycles. The van der Waals surface area contributed by atoms with Crippen LogP contribution in [0.25, 0.3) is 0 Å². The number of rotatable bonds is 2. The van der Waals surface area contributed by atoms with Gasteiger partial charge in [0.15, 0.2) is 0 Å². The van der Waals surface area contributed by atoms with Gasteiger partial charge >= 0.3 is 17.8 Å². The number of fused-ring (bicyclic) bond motifs is 1. The Hall–Kier alpha value is -2.75. The normalized spacial score (nSPS) is 12.8. The van der Waals surface area contributed by atoms with Crippen molar-refractivity contribution in [2.75, 3.05) is 5.32 Å². The zero-order valence-electron chi connectivity index (χ0n) is 8.84. The molecule has 0 aliphatic carbocycles. The summed E-state index contributed by atoms with van der Waals surface area (Å²) in [5.74, 6) is -6.52. The van der Waals surface area contributed by atoms with Gasteiger partial charge in [-0.05, 0) is 0 Å². The lowest BCUT2D eigenvalue weighted by molar-refractivity contribution is -0.147. The fourth-order valence-corrected chi connectivity index (χ4v) is 2.56. The SMILES string of the molecule is O=C(O)C(=O)Nc1sc2c(c1C(=O)O)C(=O)NC2=O. The van der Waals surface area contributed by atoms with E-state index in [1.54, 1.807) is 0 Å². The van der Waals surface area contributed by atoms with Crippen LogP contribution < -0.4 is 10.6 Å². The zero-order valence-corrected chi connectivity index (χ0v) is 9.66. The van der Waals surface area contributed by atoms with E-state index in [2.05, 4.69) is 0 Å². The number of anilines is 1. The van der Waals surface area contributed by atoms with E-state index in [1.807, 2.05) is 10.6 Å². The topological polar surface area (TPSA) is 150 Å². The Morgan fingerprint density at radius 2 is 1.74 bits per heavy atom. The van der Waals surface area contributed by atoms with Crippen LogP contribution in [0.15, 0.2) is 0 Å². The number of carbonyl (C=O) groups is 5. The van der Waals surface area contributed by atoms with E-state index in [9.17, 15) is 24.0 Å². The minimum absolute atomic E-state index is 0.178. The summed E-state index contributed by atoms with van der Waals surface area (Å²) >= 11 is 0.526. The molecule has 0 saturated heterocycles. The van der Waals surface area contributed by atoms with Gasteiger partial charge in [0.2, 0.25) is 0 Å². The first-order chi connectivity index (χ1) is 8.82. The summed E-state index contributed by atoms with van der Waals surface area (Å²) in [7, 11) is 0. The molecule has 2 heterocycles. The number of hydrogen-bond donors (Lipinski definition) is 4. The molecule has 1 aliphatic rings. The maximum Gasteiger partial charge on any atom is 0.394 e. The number of amides is 3. The van der Waals surface area contributed by atoms with E-state index in [0.717, 1.165) is 0 Å². The molecule has 1 aromatic heterocycles. The summed E-state index contributed by atoms with van der Waals surface area (Å²) in [6.07, 6.45) is 0. The fourth-order valence-electron chi connectivity index (χ4n) is 1.48. The predicted molar refractivity (Wildman–Crippen MR) is 59.3 cm³/mol. The molecule has 10 heteroatoms. The smallest absolute Gasteiger partial charge is 0.394 e. The van der Waals surface area contributed by atoms with Gasteiger partial charge in [-0.25, -0.2) is 9.59 Å². The van der Waals surface area contributed by atoms with Crippen LogP contribution >= 0.6 is 11.3 Å². The van der Waals surface area contributed by atoms with E-state index in [0.29, 0.717) is 11.3 Å². The van der Waals surface area contributed by atoms with Crippen molar-refractivity contribution in [3.05, 3.63) is 16.0 Å². The number of carboxylic acid groups (broad SMARTS) is 2. The highest BCUT2D eigenvalue weighted by Crippen LogP contribution is 2.36. The molecule has 9 nitrogen and oxygen atoms in total.